The number of aromatic nitrogens is 1. The number of carbonyl (C=O) groups is 1. The molecule has 0 aliphatic rings. The lowest BCUT2D eigenvalue weighted by atomic mass is 10.2. The summed E-state index contributed by atoms with van der Waals surface area (Å²) in [5.74, 6) is 1.32. The highest BCUT2D eigenvalue weighted by Gasteiger charge is 2.06. The molecule has 1 aromatic carbocycles. The maximum Gasteiger partial charge on any atom is 0.257 e. The number of hydrogen-bond acceptors (Lipinski definition) is 4. The van der Waals surface area contributed by atoms with Crippen molar-refractivity contribution in [3.05, 3.63) is 48.2 Å². The molecule has 1 heterocycles. The molecule has 5 nitrogen and oxygen atoms in total. The summed E-state index contributed by atoms with van der Waals surface area (Å²) in [5.41, 5.74) is 1.23. The summed E-state index contributed by atoms with van der Waals surface area (Å²) in [6.45, 7) is 2.55. The normalized spacial score (nSPS) is 9.90. The van der Waals surface area contributed by atoms with E-state index in [1.54, 1.807) is 31.3 Å². The van der Waals surface area contributed by atoms with Crippen molar-refractivity contribution in [2.75, 3.05) is 24.3 Å². The number of benzene rings is 1. The van der Waals surface area contributed by atoms with Crippen molar-refractivity contribution >= 4 is 17.4 Å². The van der Waals surface area contributed by atoms with E-state index in [-0.39, 0.29) is 5.91 Å². The van der Waals surface area contributed by atoms with E-state index in [4.69, 9.17) is 4.74 Å². The van der Waals surface area contributed by atoms with Crippen LogP contribution in [0.2, 0.25) is 0 Å². The Morgan fingerprint density at radius 2 is 1.95 bits per heavy atom. The summed E-state index contributed by atoms with van der Waals surface area (Å²) in [5, 5.41) is 5.71. The van der Waals surface area contributed by atoms with Gasteiger partial charge in [0.1, 0.15) is 11.6 Å². The quantitative estimate of drug-likeness (QED) is 0.877. The third-order valence-electron chi connectivity index (χ3n) is 2.70. The lowest BCUT2D eigenvalue weighted by Crippen LogP contribution is -2.12. The van der Waals surface area contributed by atoms with Gasteiger partial charge in [-0.15, -0.1) is 0 Å². The van der Waals surface area contributed by atoms with Crippen LogP contribution in [-0.2, 0) is 0 Å². The number of amides is 1. The molecule has 20 heavy (non-hydrogen) atoms. The highest BCUT2D eigenvalue weighted by atomic mass is 16.5. The summed E-state index contributed by atoms with van der Waals surface area (Å²) in [6, 6.07) is 10.7. The zero-order valence-electron chi connectivity index (χ0n) is 11.5. The number of ether oxygens (including phenoxy) is 1. The topological polar surface area (TPSA) is 63.2 Å². The molecule has 2 rings (SSSR count). The van der Waals surface area contributed by atoms with Crippen LogP contribution in [0.3, 0.4) is 0 Å². The molecule has 0 radical (unpaired) electrons. The summed E-state index contributed by atoms with van der Waals surface area (Å²) in [7, 11) is 1.78. The van der Waals surface area contributed by atoms with Gasteiger partial charge in [0.2, 0.25) is 0 Å². The van der Waals surface area contributed by atoms with E-state index < -0.39 is 0 Å². The first-order chi connectivity index (χ1) is 9.72. The smallest absolute Gasteiger partial charge is 0.257 e. The predicted octanol–water partition coefficient (Wildman–Crippen LogP) is 2.77. The lowest BCUT2D eigenvalue weighted by Gasteiger charge is -2.07. The minimum atomic E-state index is -0.190. The van der Waals surface area contributed by atoms with Crippen LogP contribution >= 0.6 is 0 Å². The van der Waals surface area contributed by atoms with Gasteiger partial charge < -0.3 is 15.4 Å². The number of hydrogen-bond donors (Lipinski definition) is 2. The average Bonchev–Trinajstić information content (AvgIpc) is 2.49. The van der Waals surface area contributed by atoms with E-state index in [0.29, 0.717) is 12.2 Å². The third kappa shape index (κ3) is 3.47. The van der Waals surface area contributed by atoms with E-state index in [0.717, 1.165) is 17.3 Å². The molecular formula is C15H17N3O2. The zero-order chi connectivity index (χ0) is 14.4. The van der Waals surface area contributed by atoms with Crippen LogP contribution < -0.4 is 15.4 Å². The highest BCUT2D eigenvalue weighted by molar-refractivity contribution is 6.04. The molecule has 1 amide bonds. The van der Waals surface area contributed by atoms with Crippen LogP contribution in [0.15, 0.2) is 42.6 Å². The first-order valence-electron chi connectivity index (χ1n) is 6.41. The summed E-state index contributed by atoms with van der Waals surface area (Å²) in [4.78, 5) is 16.1. The van der Waals surface area contributed by atoms with Gasteiger partial charge in [0, 0.05) is 18.9 Å². The molecule has 0 bridgehead atoms. The monoisotopic (exact) mass is 271 g/mol. The van der Waals surface area contributed by atoms with Gasteiger partial charge in [-0.05, 0) is 43.3 Å². The largest absolute Gasteiger partial charge is 0.494 e. The molecule has 0 aliphatic carbocycles. The number of pyridine rings is 1. The van der Waals surface area contributed by atoms with Gasteiger partial charge in [0.05, 0.1) is 12.2 Å². The van der Waals surface area contributed by atoms with Crippen molar-refractivity contribution in [1.82, 2.24) is 4.98 Å². The Hall–Kier alpha value is -2.56. The Balaban J connectivity index is 2.02. The van der Waals surface area contributed by atoms with Crippen molar-refractivity contribution < 1.29 is 9.53 Å². The van der Waals surface area contributed by atoms with Crippen molar-refractivity contribution in [3.63, 3.8) is 0 Å². The molecular weight excluding hydrogens is 254 g/mol. The van der Waals surface area contributed by atoms with Crippen LogP contribution in [-0.4, -0.2) is 24.5 Å². The minimum absolute atomic E-state index is 0.190. The average molecular weight is 271 g/mol. The van der Waals surface area contributed by atoms with Crippen molar-refractivity contribution in [3.8, 4) is 5.75 Å². The van der Waals surface area contributed by atoms with Crippen molar-refractivity contribution in [2.45, 2.75) is 6.92 Å². The molecule has 0 aliphatic heterocycles. The van der Waals surface area contributed by atoms with Crippen LogP contribution in [0, 0.1) is 0 Å². The number of anilines is 2. The Morgan fingerprint density at radius 3 is 2.50 bits per heavy atom. The molecule has 2 N–H and O–H groups in total. The van der Waals surface area contributed by atoms with Crippen molar-refractivity contribution in [2.24, 2.45) is 0 Å². The standard InChI is InChI=1S/C15H17N3O2/c1-3-20-13-7-5-12(6-8-13)18-15(19)11-4-9-14(16-2)17-10-11/h4-10H,3H2,1-2H3,(H,16,17)(H,18,19). The van der Waals surface area contributed by atoms with Crippen LogP contribution in [0.5, 0.6) is 5.75 Å². The molecule has 0 atom stereocenters. The summed E-state index contributed by atoms with van der Waals surface area (Å²) in [6.07, 6.45) is 1.54. The Bertz CT molecular complexity index is 565. The fraction of sp³-hybridized carbons (Fsp3) is 0.200. The maximum absolute atomic E-state index is 12.0. The Labute approximate surface area is 118 Å². The third-order valence-corrected chi connectivity index (χ3v) is 2.70. The van der Waals surface area contributed by atoms with E-state index in [1.807, 2.05) is 19.1 Å². The van der Waals surface area contributed by atoms with Gasteiger partial charge in [-0.25, -0.2) is 4.98 Å². The molecule has 0 saturated heterocycles. The molecule has 104 valence electrons. The summed E-state index contributed by atoms with van der Waals surface area (Å²) >= 11 is 0. The number of nitrogens with zero attached hydrogens (tertiary/aromatic N) is 1. The molecule has 5 heteroatoms. The Kier molecular flexibility index (Phi) is 4.55. The van der Waals surface area contributed by atoms with Crippen LogP contribution in [0.25, 0.3) is 0 Å². The molecule has 0 spiro atoms. The van der Waals surface area contributed by atoms with E-state index in [2.05, 4.69) is 15.6 Å². The van der Waals surface area contributed by atoms with Crippen LogP contribution in [0.1, 0.15) is 17.3 Å². The molecule has 2 aromatic rings. The van der Waals surface area contributed by atoms with Gasteiger partial charge >= 0.3 is 0 Å². The predicted molar refractivity (Wildman–Crippen MR) is 79.3 cm³/mol. The van der Waals surface area contributed by atoms with Gasteiger partial charge in [-0.1, -0.05) is 0 Å². The Morgan fingerprint density at radius 1 is 1.20 bits per heavy atom. The van der Waals surface area contributed by atoms with E-state index in [9.17, 15) is 4.79 Å². The highest BCUT2D eigenvalue weighted by Crippen LogP contribution is 2.16. The maximum atomic E-state index is 12.0. The van der Waals surface area contributed by atoms with Gasteiger partial charge in [0.15, 0.2) is 0 Å². The first kappa shape index (κ1) is 13.9. The fourth-order valence-electron chi connectivity index (χ4n) is 1.68. The molecule has 0 saturated carbocycles. The zero-order valence-corrected chi connectivity index (χ0v) is 11.5. The minimum Gasteiger partial charge on any atom is -0.494 e. The molecule has 1 aromatic heterocycles. The first-order valence-corrected chi connectivity index (χ1v) is 6.41. The van der Waals surface area contributed by atoms with E-state index in [1.165, 1.54) is 6.20 Å². The van der Waals surface area contributed by atoms with Gasteiger partial charge in [-0.2, -0.15) is 0 Å². The summed E-state index contributed by atoms with van der Waals surface area (Å²) < 4.78 is 5.35. The fourth-order valence-corrected chi connectivity index (χ4v) is 1.68. The van der Waals surface area contributed by atoms with Gasteiger partial charge in [-0.3, -0.25) is 4.79 Å². The number of carbonyl (C=O) groups excluding carboxylic acids is 1. The van der Waals surface area contributed by atoms with Crippen molar-refractivity contribution in [1.29, 1.82) is 0 Å². The SMILES string of the molecule is CCOc1ccc(NC(=O)c2ccc(NC)nc2)cc1. The number of rotatable bonds is 5. The molecule has 0 unspecified atom stereocenters. The number of nitrogens with one attached hydrogen (secondary N) is 2. The second-order valence-corrected chi connectivity index (χ2v) is 4.09. The van der Waals surface area contributed by atoms with E-state index >= 15 is 0 Å². The second-order valence-electron chi connectivity index (χ2n) is 4.09. The van der Waals surface area contributed by atoms with Gasteiger partial charge in [0.25, 0.3) is 5.91 Å². The molecule has 0 fully saturated rings. The lowest BCUT2D eigenvalue weighted by molar-refractivity contribution is 0.102. The second kappa shape index (κ2) is 6.56. The van der Waals surface area contributed by atoms with Crippen LogP contribution in [0.4, 0.5) is 11.5 Å².